The Morgan fingerprint density at radius 1 is 0.886 bits per heavy atom. The molecule has 0 radical (unpaired) electrons. The topological polar surface area (TPSA) is 31.2 Å². The summed E-state index contributed by atoms with van der Waals surface area (Å²) in [5.74, 6) is -3.31. The van der Waals surface area contributed by atoms with Crippen molar-refractivity contribution in [3.8, 4) is 11.4 Å². The Labute approximate surface area is 207 Å². The van der Waals surface area contributed by atoms with Gasteiger partial charge in [0.15, 0.2) is 0 Å². The molecule has 4 aromatic rings. The molecule has 0 bridgehead atoms. The lowest BCUT2D eigenvalue weighted by Gasteiger charge is -2.19. The third kappa shape index (κ3) is 5.07. The molecule has 0 saturated carbocycles. The highest BCUT2D eigenvalue weighted by molar-refractivity contribution is 9.10. The molecule has 35 heavy (non-hydrogen) atoms. The Balaban J connectivity index is 1.89. The average Bonchev–Trinajstić information content (AvgIpc) is 2.83. The van der Waals surface area contributed by atoms with E-state index in [1.807, 2.05) is 30.3 Å². The first kappa shape index (κ1) is 24.5. The second kappa shape index (κ2) is 10.3. The van der Waals surface area contributed by atoms with E-state index < -0.39 is 34.5 Å². The van der Waals surface area contributed by atoms with Crippen molar-refractivity contribution >= 4 is 28.1 Å². The van der Waals surface area contributed by atoms with Crippen LogP contribution in [0.1, 0.15) is 22.4 Å². The number of rotatable bonds is 6. The number of aromatic nitrogens is 1. The maximum Gasteiger partial charge on any atom is 0.273 e. The molecule has 0 aliphatic rings. The van der Waals surface area contributed by atoms with Gasteiger partial charge in [-0.2, -0.15) is 0 Å². The van der Waals surface area contributed by atoms with Gasteiger partial charge in [-0.15, -0.1) is 0 Å². The highest BCUT2D eigenvalue weighted by atomic mass is 79.9. The van der Waals surface area contributed by atoms with E-state index in [2.05, 4.69) is 15.9 Å². The lowest BCUT2D eigenvalue weighted by Crippen LogP contribution is -2.25. The van der Waals surface area contributed by atoms with Crippen LogP contribution < -0.4 is 10.3 Å². The summed E-state index contributed by atoms with van der Waals surface area (Å²) in [7, 11) is 0. The van der Waals surface area contributed by atoms with Crippen LogP contribution in [0, 0.1) is 30.2 Å². The van der Waals surface area contributed by atoms with Crippen molar-refractivity contribution in [3.05, 3.63) is 127 Å². The first-order valence-electron chi connectivity index (χ1n) is 10.5. The van der Waals surface area contributed by atoms with Crippen LogP contribution in [0.15, 0.2) is 76.0 Å². The van der Waals surface area contributed by atoms with E-state index in [-0.39, 0.29) is 28.1 Å². The molecule has 3 nitrogen and oxygen atoms in total. The van der Waals surface area contributed by atoms with Crippen LogP contribution >= 0.6 is 15.9 Å². The van der Waals surface area contributed by atoms with Crippen molar-refractivity contribution in [3.63, 3.8) is 0 Å². The number of nitrogens with zero attached hydrogens (tertiary/aromatic N) is 1. The number of ether oxygens (including phenoxy) is 1. The molecule has 0 fully saturated rings. The molecule has 0 amide bonds. The van der Waals surface area contributed by atoms with E-state index >= 15 is 0 Å². The Hall–Kier alpha value is -3.65. The molecule has 0 aliphatic heterocycles. The lowest BCUT2D eigenvalue weighted by molar-refractivity contribution is 0.295. The van der Waals surface area contributed by atoms with Gasteiger partial charge in [0.05, 0.1) is 0 Å². The molecule has 8 heteroatoms. The molecule has 0 atom stereocenters. The minimum absolute atomic E-state index is 0.0522. The summed E-state index contributed by atoms with van der Waals surface area (Å²) in [4.78, 5) is 13.2. The molecule has 0 spiro atoms. The SMILES string of the molecule is Cc1c(C=Cc2ccccc2)c(OCc2ccc(F)cc2F)c(Br)c(=O)n1-c1c(F)cccc1F. The first-order chi connectivity index (χ1) is 16.8. The van der Waals surface area contributed by atoms with Crippen molar-refractivity contribution in [2.45, 2.75) is 13.5 Å². The van der Waals surface area contributed by atoms with Gasteiger partial charge in [0, 0.05) is 22.9 Å². The van der Waals surface area contributed by atoms with Gasteiger partial charge in [0.25, 0.3) is 5.56 Å². The molecule has 1 aromatic heterocycles. The summed E-state index contributed by atoms with van der Waals surface area (Å²) in [6.45, 7) is 1.21. The fourth-order valence-corrected chi connectivity index (χ4v) is 4.10. The third-order valence-corrected chi connectivity index (χ3v) is 6.05. The highest BCUT2D eigenvalue weighted by Crippen LogP contribution is 2.33. The number of para-hydroxylation sites is 1. The molecule has 0 N–H and O–H groups in total. The summed E-state index contributed by atoms with van der Waals surface area (Å²) < 4.78 is 63.3. The van der Waals surface area contributed by atoms with Crippen LogP contribution in [0.4, 0.5) is 17.6 Å². The van der Waals surface area contributed by atoms with Gasteiger partial charge < -0.3 is 4.74 Å². The molecular formula is C27H18BrF4NO2. The zero-order valence-corrected chi connectivity index (χ0v) is 20.0. The van der Waals surface area contributed by atoms with Gasteiger partial charge in [-0.3, -0.25) is 9.36 Å². The Morgan fingerprint density at radius 3 is 2.23 bits per heavy atom. The number of hydrogen-bond donors (Lipinski definition) is 0. The summed E-state index contributed by atoms with van der Waals surface area (Å²) in [5, 5.41) is 0. The normalized spacial score (nSPS) is 11.3. The molecule has 1 heterocycles. The second-order valence-corrected chi connectivity index (χ2v) is 8.41. The maximum atomic E-state index is 14.6. The molecular weight excluding hydrogens is 526 g/mol. The number of benzene rings is 3. The van der Waals surface area contributed by atoms with E-state index in [1.54, 1.807) is 12.2 Å². The van der Waals surface area contributed by atoms with Crippen LogP contribution in [0.5, 0.6) is 5.75 Å². The lowest BCUT2D eigenvalue weighted by atomic mass is 10.1. The van der Waals surface area contributed by atoms with E-state index in [0.717, 1.165) is 34.4 Å². The van der Waals surface area contributed by atoms with Gasteiger partial charge in [-0.1, -0.05) is 42.5 Å². The Morgan fingerprint density at radius 2 is 1.57 bits per heavy atom. The fraction of sp³-hybridized carbons (Fsp3) is 0.0741. The summed E-state index contributed by atoms with van der Waals surface area (Å²) in [5.41, 5.74) is 0.139. The predicted molar refractivity (Wildman–Crippen MR) is 130 cm³/mol. The average molecular weight is 544 g/mol. The van der Waals surface area contributed by atoms with E-state index in [4.69, 9.17) is 4.74 Å². The minimum atomic E-state index is -0.915. The number of pyridine rings is 1. The van der Waals surface area contributed by atoms with Crippen LogP contribution in [0.3, 0.4) is 0 Å². The van der Waals surface area contributed by atoms with Crippen LogP contribution in [0.25, 0.3) is 17.8 Å². The Bertz CT molecular complexity index is 1460. The largest absolute Gasteiger partial charge is 0.487 e. The standard InChI is InChI=1S/C27H18BrF4NO2/c1-16-20(13-10-17-6-3-2-4-7-17)26(35-15-18-11-12-19(29)14-23(18)32)24(28)27(34)33(16)25-21(30)8-5-9-22(25)31/h2-14H,15H2,1H3. The van der Waals surface area contributed by atoms with Crippen molar-refractivity contribution in [1.29, 1.82) is 0 Å². The summed E-state index contributed by atoms with van der Waals surface area (Å²) in [6.07, 6.45) is 3.38. The van der Waals surface area contributed by atoms with E-state index in [0.29, 0.717) is 5.56 Å². The zero-order valence-electron chi connectivity index (χ0n) is 18.4. The molecule has 4 rings (SSSR count). The smallest absolute Gasteiger partial charge is 0.273 e. The summed E-state index contributed by atoms with van der Waals surface area (Å²) in [6, 6.07) is 15.6. The van der Waals surface area contributed by atoms with Crippen molar-refractivity contribution in [1.82, 2.24) is 4.57 Å². The van der Waals surface area contributed by atoms with Gasteiger partial charge in [-0.25, -0.2) is 17.6 Å². The molecule has 0 saturated heterocycles. The monoisotopic (exact) mass is 543 g/mol. The Kier molecular flexibility index (Phi) is 7.21. The molecule has 178 valence electrons. The highest BCUT2D eigenvalue weighted by Gasteiger charge is 2.23. The van der Waals surface area contributed by atoms with Crippen molar-refractivity contribution in [2.24, 2.45) is 0 Å². The zero-order chi connectivity index (χ0) is 25.1. The van der Waals surface area contributed by atoms with Gasteiger partial charge in [-0.05, 0) is 58.8 Å². The molecule has 3 aromatic carbocycles. The van der Waals surface area contributed by atoms with Gasteiger partial charge >= 0.3 is 0 Å². The van der Waals surface area contributed by atoms with E-state index in [9.17, 15) is 22.4 Å². The van der Waals surface area contributed by atoms with Crippen molar-refractivity contribution < 1.29 is 22.3 Å². The van der Waals surface area contributed by atoms with Gasteiger partial charge in [0.2, 0.25) is 0 Å². The fourth-order valence-electron chi connectivity index (χ4n) is 3.59. The summed E-state index contributed by atoms with van der Waals surface area (Å²) >= 11 is 3.20. The second-order valence-electron chi connectivity index (χ2n) is 7.62. The van der Waals surface area contributed by atoms with Crippen molar-refractivity contribution in [2.75, 3.05) is 0 Å². The van der Waals surface area contributed by atoms with E-state index in [1.165, 1.54) is 19.1 Å². The number of halogens is 5. The van der Waals surface area contributed by atoms with Crippen LogP contribution in [-0.2, 0) is 6.61 Å². The van der Waals surface area contributed by atoms with Crippen LogP contribution in [0.2, 0.25) is 0 Å². The quantitative estimate of drug-likeness (QED) is 0.240. The van der Waals surface area contributed by atoms with Gasteiger partial charge in [0.1, 0.15) is 45.8 Å². The minimum Gasteiger partial charge on any atom is -0.487 e. The first-order valence-corrected chi connectivity index (χ1v) is 11.3. The predicted octanol–water partition coefficient (Wildman–Crippen LogP) is 7.21. The molecule has 0 aliphatic carbocycles. The molecule has 0 unspecified atom stereocenters. The maximum absolute atomic E-state index is 14.6. The van der Waals surface area contributed by atoms with Crippen LogP contribution in [-0.4, -0.2) is 4.57 Å². The number of hydrogen-bond acceptors (Lipinski definition) is 2. The third-order valence-electron chi connectivity index (χ3n) is 5.35.